The van der Waals surface area contributed by atoms with Gasteiger partial charge >= 0.3 is 6.36 Å². The number of rotatable bonds is 4. The highest BCUT2D eigenvalue weighted by molar-refractivity contribution is 5.92. The van der Waals surface area contributed by atoms with Crippen LogP contribution < -0.4 is 10.1 Å². The van der Waals surface area contributed by atoms with Gasteiger partial charge in [0.15, 0.2) is 0 Å². The molecule has 0 aliphatic carbocycles. The zero-order valence-corrected chi connectivity index (χ0v) is 12.9. The molecule has 124 valence electrons. The molecule has 1 aromatic heterocycles. The first-order valence-corrected chi connectivity index (χ1v) is 6.80. The van der Waals surface area contributed by atoms with Crippen LogP contribution in [0.5, 0.6) is 5.75 Å². The molecule has 23 heavy (non-hydrogen) atoms. The Morgan fingerprint density at radius 1 is 1.35 bits per heavy atom. The summed E-state index contributed by atoms with van der Waals surface area (Å²) in [6.45, 7) is 3.65. The molecule has 2 aromatic rings. The number of alkyl halides is 3. The van der Waals surface area contributed by atoms with Gasteiger partial charge in [0.25, 0.3) is 0 Å². The number of nitrogens with one attached hydrogen (secondary N) is 1. The van der Waals surface area contributed by atoms with Crippen molar-refractivity contribution in [2.24, 2.45) is 7.05 Å². The van der Waals surface area contributed by atoms with Gasteiger partial charge in [-0.1, -0.05) is 6.07 Å². The Morgan fingerprint density at radius 2 is 2.04 bits per heavy atom. The number of ether oxygens (including phenoxy) is 1. The van der Waals surface area contributed by atoms with E-state index in [1.165, 1.54) is 18.2 Å². The Labute approximate surface area is 131 Å². The number of aromatic nitrogens is 2. The lowest BCUT2D eigenvalue weighted by atomic mass is 10.1. The zero-order chi connectivity index (χ0) is 17.2. The minimum absolute atomic E-state index is 0.0931. The third-order valence-electron chi connectivity index (χ3n) is 3.35. The molecule has 0 saturated carbocycles. The topological polar surface area (TPSA) is 56.2 Å². The Balaban J connectivity index is 2.07. The van der Waals surface area contributed by atoms with Gasteiger partial charge in [-0.15, -0.1) is 13.2 Å². The Bertz CT molecular complexity index is 723. The van der Waals surface area contributed by atoms with Gasteiger partial charge in [0.05, 0.1) is 12.1 Å². The first kappa shape index (κ1) is 16.9. The summed E-state index contributed by atoms with van der Waals surface area (Å²) >= 11 is 0. The van der Waals surface area contributed by atoms with Crippen LogP contribution in [0.15, 0.2) is 24.3 Å². The van der Waals surface area contributed by atoms with Crippen LogP contribution in [0.2, 0.25) is 0 Å². The number of carbonyl (C=O) groups excluding carboxylic acids is 1. The molecule has 1 aromatic carbocycles. The van der Waals surface area contributed by atoms with Crippen LogP contribution in [0.25, 0.3) is 0 Å². The van der Waals surface area contributed by atoms with Crippen molar-refractivity contribution in [3.8, 4) is 5.75 Å². The van der Waals surface area contributed by atoms with Crippen molar-refractivity contribution in [2.45, 2.75) is 26.6 Å². The predicted molar refractivity (Wildman–Crippen MR) is 78.1 cm³/mol. The first-order chi connectivity index (χ1) is 10.7. The van der Waals surface area contributed by atoms with Crippen LogP contribution in [-0.2, 0) is 18.3 Å². The van der Waals surface area contributed by atoms with Crippen molar-refractivity contribution in [3.05, 3.63) is 41.2 Å². The molecule has 8 heteroatoms. The molecule has 0 unspecified atom stereocenters. The number of hydrogen-bond acceptors (Lipinski definition) is 3. The van der Waals surface area contributed by atoms with E-state index in [-0.39, 0.29) is 23.8 Å². The van der Waals surface area contributed by atoms with Gasteiger partial charge in [-0.2, -0.15) is 5.10 Å². The van der Waals surface area contributed by atoms with Gasteiger partial charge in [-0.05, 0) is 26.0 Å². The summed E-state index contributed by atoms with van der Waals surface area (Å²) < 4.78 is 42.1. The summed E-state index contributed by atoms with van der Waals surface area (Å²) in [5, 5.41) is 6.77. The maximum absolute atomic E-state index is 12.2. The van der Waals surface area contributed by atoms with Crippen molar-refractivity contribution in [3.63, 3.8) is 0 Å². The van der Waals surface area contributed by atoms with Crippen LogP contribution in [0.4, 0.5) is 18.9 Å². The Kier molecular flexibility index (Phi) is 4.63. The second-order valence-electron chi connectivity index (χ2n) is 5.07. The molecule has 1 heterocycles. The monoisotopic (exact) mass is 327 g/mol. The molecule has 0 fully saturated rings. The molecule has 1 N–H and O–H groups in total. The molecule has 0 saturated heterocycles. The van der Waals surface area contributed by atoms with Crippen molar-refractivity contribution < 1.29 is 22.7 Å². The van der Waals surface area contributed by atoms with Crippen LogP contribution >= 0.6 is 0 Å². The van der Waals surface area contributed by atoms with E-state index in [4.69, 9.17) is 0 Å². The molecular formula is C15H16F3N3O2. The van der Waals surface area contributed by atoms with E-state index in [1.54, 1.807) is 18.7 Å². The Hall–Kier alpha value is -2.51. The summed E-state index contributed by atoms with van der Waals surface area (Å²) in [5.74, 6) is -0.725. The van der Waals surface area contributed by atoms with E-state index in [2.05, 4.69) is 15.2 Å². The van der Waals surface area contributed by atoms with E-state index in [9.17, 15) is 18.0 Å². The van der Waals surface area contributed by atoms with E-state index >= 15 is 0 Å². The normalized spacial score (nSPS) is 11.4. The average molecular weight is 327 g/mol. The van der Waals surface area contributed by atoms with Crippen LogP contribution in [0.1, 0.15) is 17.0 Å². The highest BCUT2D eigenvalue weighted by atomic mass is 19.4. The van der Waals surface area contributed by atoms with Gasteiger partial charge in [0, 0.05) is 30.1 Å². The van der Waals surface area contributed by atoms with Crippen molar-refractivity contribution in [1.29, 1.82) is 0 Å². The highest BCUT2D eigenvalue weighted by Crippen LogP contribution is 2.25. The lowest BCUT2D eigenvalue weighted by Gasteiger charge is -2.11. The van der Waals surface area contributed by atoms with Crippen molar-refractivity contribution in [1.82, 2.24) is 9.78 Å². The fraction of sp³-hybridized carbons (Fsp3) is 0.333. The smallest absolute Gasteiger partial charge is 0.406 e. The van der Waals surface area contributed by atoms with Gasteiger partial charge in [-0.25, -0.2) is 0 Å². The number of aryl methyl sites for hydroxylation is 2. The summed E-state index contributed by atoms with van der Waals surface area (Å²) in [5.41, 5.74) is 2.64. The number of nitrogens with zero attached hydrogens (tertiary/aromatic N) is 2. The van der Waals surface area contributed by atoms with Crippen LogP contribution in [-0.4, -0.2) is 22.1 Å². The average Bonchev–Trinajstić information content (AvgIpc) is 2.64. The summed E-state index contributed by atoms with van der Waals surface area (Å²) in [7, 11) is 1.78. The van der Waals surface area contributed by atoms with Gasteiger partial charge in [-0.3, -0.25) is 9.48 Å². The molecule has 1 amide bonds. The van der Waals surface area contributed by atoms with E-state index in [1.807, 2.05) is 6.92 Å². The van der Waals surface area contributed by atoms with Crippen LogP contribution in [0, 0.1) is 13.8 Å². The quantitative estimate of drug-likeness (QED) is 0.939. The Morgan fingerprint density at radius 3 is 2.61 bits per heavy atom. The maximum Gasteiger partial charge on any atom is 0.573 e. The van der Waals surface area contributed by atoms with E-state index < -0.39 is 6.36 Å². The fourth-order valence-electron chi connectivity index (χ4n) is 2.21. The molecule has 0 atom stereocenters. The number of halogens is 3. The predicted octanol–water partition coefficient (Wildman–Crippen LogP) is 3.12. The zero-order valence-electron chi connectivity index (χ0n) is 12.9. The van der Waals surface area contributed by atoms with E-state index in [0.29, 0.717) is 0 Å². The number of carbonyl (C=O) groups is 1. The number of benzene rings is 1. The maximum atomic E-state index is 12.2. The molecular weight excluding hydrogens is 311 g/mol. The van der Waals surface area contributed by atoms with E-state index in [0.717, 1.165) is 23.0 Å². The van der Waals surface area contributed by atoms with Crippen LogP contribution in [0.3, 0.4) is 0 Å². The van der Waals surface area contributed by atoms with Gasteiger partial charge in [0.1, 0.15) is 5.75 Å². The minimum Gasteiger partial charge on any atom is -0.406 e. The molecule has 0 aliphatic heterocycles. The number of amides is 1. The summed E-state index contributed by atoms with van der Waals surface area (Å²) in [6.07, 6.45) is -4.68. The lowest BCUT2D eigenvalue weighted by Crippen LogP contribution is -2.18. The molecule has 0 aliphatic rings. The largest absolute Gasteiger partial charge is 0.573 e. The van der Waals surface area contributed by atoms with Crippen molar-refractivity contribution >= 4 is 11.6 Å². The summed E-state index contributed by atoms with van der Waals surface area (Å²) in [6, 6.07) is 5.15. The molecule has 2 rings (SSSR count). The molecule has 0 radical (unpaired) electrons. The third kappa shape index (κ3) is 4.48. The fourth-order valence-corrected chi connectivity index (χ4v) is 2.21. The number of anilines is 1. The number of hydrogen-bond donors (Lipinski definition) is 1. The second-order valence-corrected chi connectivity index (χ2v) is 5.07. The standard InChI is InChI=1S/C15H16F3N3O2/c1-9-13(10(2)21(3)20-9)8-14(22)19-11-5-4-6-12(7-11)23-15(16,17)18/h4-7H,8H2,1-3H3,(H,19,22). The molecule has 0 bridgehead atoms. The highest BCUT2D eigenvalue weighted by Gasteiger charge is 2.31. The summed E-state index contributed by atoms with van der Waals surface area (Å²) in [4.78, 5) is 12.1. The lowest BCUT2D eigenvalue weighted by molar-refractivity contribution is -0.274. The SMILES string of the molecule is Cc1nn(C)c(C)c1CC(=O)Nc1cccc(OC(F)(F)F)c1. The minimum atomic E-state index is -4.77. The third-order valence-corrected chi connectivity index (χ3v) is 3.35. The first-order valence-electron chi connectivity index (χ1n) is 6.80. The van der Waals surface area contributed by atoms with Gasteiger partial charge < -0.3 is 10.1 Å². The molecule has 5 nitrogen and oxygen atoms in total. The van der Waals surface area contributed by atoms with Crippen molar-refractivity contribution in [2.75, 3.05) is 5.32 Å². The van der Waals surface area contributed by atoms with Gasteiger partial charge in [0.2, 0.25) is 5.91 Å². The second kappa shape index (κ2) is 6.31. The molecule has 0 spiro atoms.